The van der Waals surface area contributed by atoms with Crippen molar-refractivity contribution in [3.63, 3.8) is 0 Å². The fourth-order valence-electron chi connectivity index (χ4n) is 0. The molecule has 0 fully saturated rings. The zero-order valence-corrected chi connectivity index (χ0v) is 7.70. The maximum atomic E-state index is 7.23. The van der Waals surface area contributed by atoms with E-state index in [0.29, 0.717) is 0 Å². The predicted octanol–water partition coefficient (Wildman–Crippen LogP) is 1.32. The van der Waals surface area contributed by atoms with Crippen molar-refractivity contribution in [3.8, 4) is 0 Å². The lowest BCUT2D eigenvalue weighted by atomic mass is 15.8. The first-order chi connectivity index (χ1) is 1.73. The summed E-state index contributed by atoms with van der Waals surface area (Å²) in [6.07, 6.45) is 0. The largest absolute Gasteiger partial charge is 0.328 e. The van der Waals surface area contributed by atoms with Crippen LogP contribution in [0.4, 0.5) is 0 Å². The molecule has 0 atom stereocenters. The minimum absolute atomic E-state index is 0. The molecule has 0 saturated heterocycles. The number of hydrogen-bond acceptors (Lipinski definition) is 3. The molecule has 3 N–H and O–H groups in total. The van der Waals surface area contributed by atoms with Gasteiger partial charge < -0.3 is 14.7 Å². The summed E-state index contributed by atoms with van der Waals surface area (Å²) in [5, 5.41) is 0. The summed E-state index contributed by atoms with van der Waals surface area (Å²) in [6.45, 7) is 0. The Hall–Kier alpha value is 1.61. The number of halogens is 3. The number of rotatable bonds is 0. The third-order valence-corrected chi connectivity index (χ3v) is 0. The Balaban J connectivity index is -0.00000000750. The van der Waals surface area contributed by atoms with Crippen LogP contribution in [0, 0.1) is 0 Å². The monoisotopic (exact) mass is 221 g/mol. The highest BCUT2D eigenvalue weighted by Crippen LogP contribution is 2.11. The van der Waals surface area contributed by atoms with Crippen LogP contribution in [0.25, 0.3) is 0 Å². The molecule has 0 heterocycles. The Morgan fingerprint density at radius 2 is 0.750 bits per heavy atom. The van der Waals surface area contributed by atoms with Crippen LogP contribution in [-0.4, -0.2) is 14.7 Å². The summed E-state index contributed by atoms with van der Waals surface area (Å²) in [5.41, 5.74) is 0. The predicted molar refractivity (Wildman–Crippen MR) is 42.2 cm³/mol. The summed E-state index contributed by atoms with van der Waals surface area (Å²) in [7, 11) is -2.62. The average molecular weight is 222 g/mol. The zero-order valence-electron chi connectivity index (χ0n) is 3.46. The van der Waals surface area contributed by atoms with E-state index in [1.54, 1.807) is 0 Å². The van der Waals surface area contributed by atoms with Crippen LogP contribution in [0.15, 0.2) is 0 Å². The summed E-state index contributed by atoms with van der Waals surface area (Å²) in [4.78, 5) is 21.7. The Morgan fingerprint density at radius 1 is 0.750 bits per heavy atom. The Kier molecular flexibility index (Phi) is 98.3. The maximum absolute atomic E-state index is 7.23. The van der Waals surface area contributed by atoms with E-state index in [2.05, 4.69) is 0 Å². The molecule has 0 unspecified atom stereocenters. The molecule has 8 heteroatoms. The molecule has 3 radical (unpaired) electrons. The molecule has 8 heavy (non-hydrogen) atoms. The standard InChI is InChI=1S/3ClH.H3O3P.P/c;;;1-4(2)3;/h3*1H;1-3H;. The van der Waals surface area contributed by atoms with Gasteiger partial charge in [0.05, 0.1) is 0 Å². The SMILES string of the molecule is Cl.Cl.Cl.OP(O)O.[P]. The van der Waals surface area contributed by atoms with E-state index >= 15 is 0 Å². The fraction of sp³-hybridized carbons (Fsp3) is 0. The molecular formula is H6Cl3O3P2. The molecule has 0 amide bonds. The van der Waals surface area contributed by atoms with E-state index in [9.17, 15) is 0 Å². The minimum Gasteiger partial charge on any atom is -0.328 e. The van der Waals surface area contributed by atoms with Crippen LogP contribution in [0.2, 0.25) is 0 Å². The molecule has 0 rings (SSSR count). The van der Waals surface area contributed by atoms with Gasteiger partial charge in [0, 0.05) is 9.90 Å². The van der Waals surface area contributed by atoms with Gasteiger partial charge in [-0.2, -0.15) is 0 Å². The van der Waals surface area contributed by atoms with Gasteiger partial charge in [0.2, 0.25) is 0 Å². The third kappa shape index (κ3) is 128. The van der Waals surface area contributed by atoms with Gasteiger partial charge in [-0.3, -0.25) is 0 Å². The average Bonchev–Trinajstić information content (AvgIpc) is 0.811. The maximum Gasteiger partial charge on any atom is 0.324 e. The van der Waals surface area contributed by atoms with Gasteiger partial charge in [-0.25, -0.2) is 0 Å². The van der Waals surface area contributed by atoms with Gasteiger partial charge in [0.25, 0.3) is 0 Å². The van der Waals surface area contributed by atoms with Gasteiger partial charge in [0.15, 0.2) is 0 Å². The molecule has 0 saturated carbocycles. The molecule has 0 aromatic carbocycles. The second-order valence-corrected chi connectivity index (χ2v) is 0.805. The van der Waals surface area contributed by atoms with Crippen molar-refractivity contribution >= 4 is 55.7 Å². The van der Waals surface area contributed by atoms with Gasteiger partial charge in [-0.05, 0) is 0 Å². The van der Waals surface area contributed by atoms with Crippen molar-refractivity contribution in [2.45, 2.75) is 0 Å². The van der Waals surface area contributed by atoms with Gasteiger partial charge >= 0.3 is 8.60 Å². The lowest BCUT2D eigenvalue weighted by molar-refractivity contribution is 0.368. The van der Waals surface area contributed by atoms with Crippen LogP contribution < -0.4 is 0 Å². The van der Waals surface area contributed by atoms with Crippen molar-refractivity contribution in [2.24, 2.45) is 0 Å². The Morgan fingerprint density at radius 3 is 0.750 bits per heavy atom. The zero-order chi connectivity index (χ0) is 3.58. The van der Waals surface area contributed by atoms with Crippen molar-refractivity contribution < 1.29 is 14.7 Å². The molecule has 3 nitrogen and oxygen atoms in total. The van der Waals surface area contributed by atoms with Gasteiger partial charge in [-0.1, -0.05) is 0 Å². The second kappa shape index (κ2) is 23.5. The summed E-state index contributed by atoms with van der Waals surface area (Å²) < 4.78 is 0. The lowest BCUT2D eigenvalue weighted by Crippen LogP contribution is -1.54. The first kappa shape index (κ1) is 33.5. The van der Waals surface area contributed by atoms with Crippen LogP contribution in [-0.2, 0) is 0 Å². The molecular weight excluding hydrogens is 216 g/mol. The van der Waals surface area contributed by atoms with Crippen molar-refractivity contribution in [1.82, 2.24) is 0 Å². The fourth-order valence-corrected chi connectivity index (χ4v) is 0. The van der Waals surface area contributed by atoms with E-state index in [4.69, 9.17) is 14.7 Å². The van der Waals surface area contributed by atoms with E-state index in [0.717, 1.165) is 0 Å². The summed E-state index contributed by atoms with van der Waals surface area (Å²) >= 11 is 0. The molecule has 55 valence electrons. The highest BCUT2D eigenvalue weighted by atomic mass is 35.5. The van der Waals surface area contributed by atoms with Gasteiger partial charge in [0.1, 0.15) is 0 Å². The molecule has 0 aliphatic carbocycles. The van der Waals surface area contributed by atoms with Crippen LogP contribution >= 0.6 is 55.7 Å². The lowest BCUT2D eigenvalue weighted by Gasteiger charge is -1.76. The third-order valence-electron chi connectivity index (χ3n) is 0. The Labute approximate surface area is 70.7 Å². The highest BCUT2D eigenvalue weighted by Gasteiger charge is 1.76. The van der Waals surface area contributed by atoms with Crippen molar-refractivity contribution in [3.05, 3.63) is 0 Å². The van der Waals surface area contributed by atoms with Crippen molar-refractivity contribution in [1.29, 1.82) is 0 Å². The normalized spacial score (nSPS) is 4.50. The van der Waals surface area contributed by atoms with Crippen LogP contribution in [0.1, 0.15) is 0 Å². The first-order valence-corrected chi connectivity index (χ1v) is 1.80. The highest BCUT2D eigenvalue weighted by molar-refractivity contribution is 7.38. The van der Waals surface area contributed by atoms with Gasteiger partial charge in [-0.15, -0.1) is 37.2 Å². The molecule has 0 aromatic rings. The van der Waals surface area contributed by atoms with E-state index in [1.165, 1.54) is 0 Å². The van der Waals surface area contributed by atoms with E-state index < -0.39 is 8.60 Å². The molecule has 0 aliphatic rings. The molecule has 0 aliphatic heterocycles. The quantitative estimate of drug-likeness (QED) is 0.542. The summed E-state index contributed by atoms with van der Waals surface area (Å²) in [5.74, 6) is 0. The first-order valence-electron chi connectivity index (χ1n) is 0.600. The Bertz CT molecular complexity index is 17.2. The minimum atomic E-state index is -2.62. The summed E-state index contributed by atoms with van der Waals surface area (Å²) in [6, 6.07) is 0. The van der Waals surface area contributed by atoms with Crippen LogP contribution in [0.3, 0.4) is 0 Å². The smallest absolute Gasteiger partial charge is 0.324 e. The van der Waals surface area contributed by atoms with Crippen LogP contribution in [0.5, 0.6) is 0 Å². The molecule has 0 spiro atoms. The molecule has 0 bridgehead atoms. The number of hydrogen-bond donors (Lipinski definition) is 3. The van der Waals surface area contributed by atoms with Crippen molar-refractivity contribution in [2.75, 3.05) is 0 Å². The van der Waals surface area contributed by atoms with E-state index in [1.807, 2.05) is 0 Å². The molecule has 0 aromatic heterocycles. The van der Waals surface area contributed by atoms with E-state index in [-0.39, 0.29) is 47.1 Å². The second-order valence-electron chi connectivity index (χ2n) is 0.268. The topological polar surface area (TPSA) is 60.7 Å².